The molecule has 51 heavy (non-hydrogen) atoms. The second kappa shape index (κ2) is 17.2. The average molecular weight is 707 g/mol. The van der Waals surface area contributed by atoms with E-state index in [0.717, 1.165) is 64.0 Å². The summed E-state index contributed by atoms with van der Waals surface area (Å²) in [5, 5.41) is 18.4. The molecule has 14 nitrogen and oxygen atoms in total. The number of carbonyl (C=O) groups excluding carboxylic acids is 3. The molecular formula is C37H54N8O6. The van der Waals surface area contributed by atoms with Gasteiger partial charge in [0, 0.05) is 44.2 Å². The van der Waals surface area contributed by atoms with E-state index in [9.17, 15) is 24.3 Å². The first kappa shape index (κ1) is 37.8. The lowest BCUT2D eigenvalue weighted by atomic mass is 10.0. The minimum Gasteiger partial charge on any atom is -0.495 e. The van der Waals surface area contributed by atoms with Gasteiger partial charge in [0.15, 0.2) is 5.82 Å². The van der Waals surface area contributed by atoms with Crippen LogP contribution >= 0.6 is 0 Å². The van der Waals surface area contributed by atoms with Gasteiger partial charge < -0.3 is 40.5 Å². The van der Waals surface area contributed by atoms with Crippen LogP contribution in [0.15, 0.2) is 24.4 Å². The number of benzene rings is 1. The van der Waals surface area contributed by atoms with E-state index in [1.807, 2.05) is 20.8 Å². The number of amides is 3. The van der Waals surface area contributed by atoms with Crippen molar-refractivity contribution < 1.29 is 29.0 Å². The van der Waals surface area contributed by atoms with Crippen molar-refractivity contribution in [3.05, 3.63) is 30.0 Å². The number of anilines is 4. The first-order valence-electron chi connectivity index (χ1n) is 18.4. The summed E-state index contributed by atoms with van der Waals surface area (Å²) in [6.45, 7) is 8.24. The third kappa shape index (κ3) is 9.26. The Kier molecular flexibility index (Phi) is 12.7. The molecule has 4 N–H and O–H groups in total. The number of ether oxygens (including phenoxy) is 1. The number of likely N-dealkylation sites (N-methyl/N-ethyl adjacent to an activating group) is 1. The van der Waals surface area contributed by atoms with Gasteiger partial charge in [0.1, 0.15) is 23.5 Å². The number of hydrogen-bond acceptors (Lipinski definition) is 10. The van der Waals surface area contributed by atoms with Gasteiger partial charge in [-0.1, -0.05) is 33.6 Å². The standard InChI is InChI=1S/C37H54N8O6/c1-6-29-35(48)43(4)30-22-38-37(42-33(30)45(29)26-10-7-8-11-26)41-27-14-13-24(21-31(27)51-5)34(47)39-25-15-18-44(19-16-25)17-9-12-32(46)40-28(36(49)50)20-23(2)3/h13-14,21-23,25-26,28-29H,6-12,15-20H2,1-5H3,(H,39,47)(H,40,46)(H,49,50)(H,38,41,42)/t28-,29-/m1/s1. The predicted octanol–water partition coefficient (Wildman–Crippen LogP) is 4.32. The van der Waals surface area contributed by atoms with E-state index in [4.69, 9.17) is 9.72 Å². The molecule has 2 aliphatic heterocycles. The summed E-state index contributed by atoms with van der Waals surface area (Å²) >= 11 is 0. The highest BCUT2D eigenvalue weighted by Gasteiger charge is 2.41. The monoisotopic (exact) mass is 706 g/mol. The number of carbonyl (C=O) groups is 4. The Balaban J connectivity index is 1.14. The Morgan fingerprint density at radius 2 is 1.82 bits per heavy atom. The first-order valence-corrected chi connectivity index (χ1v) is 18.4. The molecule has 3 heterocycles. The van der Waals surface area contributed by atoms with Gasteiger partial charge in [-0.3, -0.25) is 14.4 Å². The van der Waals surface area contributed by atoms with Gasteiger partial charge >= 0.3 is 5.97 Å². The number of rotatable bonds is 15. The van der Waals surface area contributed by atoms with Crippen LogP contribution in [0.4, 0.5) is 23.1 Å². The summed E-state index contributed by atoms with van der Waals surface area (Å²) in [6, 6.07) is 4.41. The van der Waals surface area contributed by atoms with E-state index in [0.29, 0.717) is 47.9 Å². The molecule has 2 fully saturated rings. The smallest absolute Gasteiger partial charge is 0.326 e. The normalized spacial score (nSPS) is 19.2. The van der Waals surface area contributed by atoms with E-state index >= 15 is 0 Å². The SMILES string of the molecule is CC[C@@H]1C(=O)N(C)c2cnc(Nc3ccc(C(=O)NC4CCN(CCCC(=O)N[C@H](CC(C)C)C(=O)O)CC4)cc3OC)nc2N1C1CCCC1. The molecule has 14 heteroatoms. The molecule has 0 bridgehead atoms. The van der Waals surface area contributed by atoms with Crippen LogP contribution in [0.2, 0.25) is 0 Å². The number of piperidine rings is 1. The number of carboxylic acid groups (broad SMARTS) is 1. The topological polar surface area (TPSA) is 169 Å². The molecule has 5 rings (SSSR count). The molecule has 1 aromatic heterocycles. The van der Waals surface area contributed by atoms with Crippen LogP contribution in [0.3, 0.4) is 0 Å². The molecule has 0 radical (unpaired) electrons. The zero-order valence-corrected chi connectivity index (χ0v) is 30.6. The van der Waals surface area contributed by atoms with Gasteiger partial charge in [-0.15, -0.1) is 0 Å². The highest BCUT2D eigenvalue weighted by atomic mass is 16.5. The van der Waals surface area contributed by atoms with Crippen molar-refractivity contribution in [3.63, 3.8) is 0 Å². The highest BCUT2D eigenvalue weighted by molar-refractivity contribution is 6.04. The molecular weight excluding hydrogens is 652 g/mol. The molecule has 278 valence electrons. The summed E-state index contributed by atoms with van der Waals surface area (Å²) in [5.74, 6) is 0.434. The van der Waals surface area contributed by atoms with Crippen molar-refractivity contribution in [3.8, 4) is 5.75 Å². The fourth-order valence-corrected chi connectivity index (χ4v) is 7.49. The number of aliphatic carboxylic acids is 1. The molecule has 1 saturated carbocycles. The van der Waals surface area contributed by atoms with Crippen molar-refractivity contribution >= 4 is 46.8 Å². The van der Waals surface area contributed by atoms with Gasteiger partial charge in [-0.25, -0.2) is 9.78 Å². The number of nitrogens with one attached hydrogen (secondary N) is 3. The van der Waals surface area contributed by atoms with Crippen molar-refractivity contribution in [2.24, 2.45) is 5.92 Å². The molecule has 3 aliphatic rings. The second-order valence-electron chi connectivity index (χ2n) is 14.4. The molecule has 0 spiro atoms. The molecule has 1 aliphatic carbocycles. The first-order chi connectivity index (χ1) is 24.5. The Morgan fingerprint density at radius 1 is 1.10 bits per heavy atom. The predicted molar refractivity (Wildman–Crippen MR) is 196 cm³/mol. The van der Waals surface area contributed by atoms with Crippen LogP contribution in [0.1, 0.15) is 95.3 Å². The summed E-state index contributed by atoms with van der Waals surface area (Å²) in [5.41, 5.74) is 1.80. The molecule has 0 unspecified atom stereocenters. The summed E-state index contributed by atoms with van der Waals surface area (Å²) in [4.78, 5) is 65.9. The summed E-state index contributed by atoms with van der Waals surface area (Å²) < 4.78 is 5.67. The van der Waals surface area contributed by atoms with Crippen molar-refractivity contribution in [1.29, 1.82) is 0 Å². The van der Waals surface area contributed by atoms with Crippen LogP contribution in [0, 0.1) is 5.92 Å². The number of carboxylic acids is 1. The van der Waals surface area contributed by atoms with E-state index in [1.165, 1.54) is 0 Å². The number of hydrogen-bond donors (Lipinski definition) is 4. The lowest BCUT2D eigenvalue weighted by molar-refractivity contribution is -0.142. The van der Waals surface area contributed by atoms with E-state index in [2.05, 4.69) is 30.7 Å². The molecule has 1 aromatic carbocycles. The quantitative estimate of drug-likeness (QED) is 0.208. The molecule has 1 saturated heterocycles. The van der Waals surface area contributed by atoms with Crippen molar-refractivity contribution in [1.82, 2.24) is 25.5 Å². The van der Waals surface area contributed by atoms with Crippen molar-refractivity contribution in [2.75, 3.05) is 48.9 Å². The molecule has 3 amide bonds. The molecule has 2 aromatic rings. The number of likely N-dealkylation sites (tertiary alicyclic amines) is 1. The fourth-order valence-electron chi connectivity index (χ4n) is 7.49. The van der Waals surface area contributed by atoms with E-state index in [1.54, 1.807) is 43.5 Å². The van der Waals surface area contributed by atoms with Crippen LogP contribution < -0.4 is 30.5 Å². The maximum Gasteiger partial charge on any atom is 0.326 e. The summed E-state index contributed by atoms with van der Waals surface area (Å²) in [6.07, 6.45) is 9.64. The van der Waals surface area contributed by atoms with E-state index in [-0.39, 0.29) is 48.2 Å². The van der Waals surface area contributed by atoms with Crippen LogP contribution in [0.5, 0.6) is 5.75 Å². The van der Waals surface area contributed by atoms with Gasteiger partial charge in [0.2, 0.25) is 17.8 Å². The van der Waals surface area contributed by atoms with Gasteiger partial charge in [0.05, 0.1) is 19.0 Å². The number of aromatic nitrogens is 2. The minimum absolute atomic E-state index is 0.0249. The van der Waals surface area contributed by atoms with Crippen LogP contribution in [0.25, 0.3) is 0 Å². The lowest BCUT2D eigenvalue weighted by Gasteiger charge is -2.43. The maximum absolute atomic E-state index is 13.3. The number of fused-ring (bicyclic) bond motifs is 1. The lowest BCUT2D eigenvalue weighted by Crippen LogP contribution is -2.55. The Hall–Kier alpha value is -4.46. The third-order valence-electron chi connectivity index (χ3n) is 10.3. The average Bonchev–Trinajstić information content (AvgIpc) is 3.64. The Morgan fingerprint density at radius 3 is 2.47 bits per heavy atom. The number of methoxy groups -OCH3 is 1. The summed E-state index contributed by atoms with van der Waals surface area (Å²) in [7, 11) is 3.33. The van der Waals surface area contributed by atoms with Crippen LogP contribution in [-0.4, -0.2) is 102 Å². The zero-order chi connectivity index (χ0) is 36.7. The number of nitrogens with zero attached hydrogens (tertiary/aromatic N) is 5. The highest BCUT2D eigenvalue weighted by Crippen LogP contribution is 2.40. The molecule has 2 atom stereocenters. The largest absolute Gasteiger partial charge is 0.495 e. The van der Waals surface area contributed by atoms with Gasteiger partial charge in [-0.05, 0) is 75.6 Å². The van der Waals surface area contributed by atoms with E-state index < -0.39 is 12.0 Å². The zero-order valence-electron chi connectivity index (χ0n) is 30.6. The fraction of sp³-hybridized carbons (Fsp3) is 0.622. The van der Waals surface area contributed by atoms with Crippen molar-refractivity contribution in [2.45, 2.75) is 109 Å². The third-order valence-corrected chi connectivity index (χ3v) is 10.3. The minimum atomic E-state index is -1.00. The van der Waals surface area contributed by atoms with Gasteiger partial charge in [-0.2, -0.15) is 4.98 Å². The van der Waals surface area contributed by atoms with Gasteiger partial charge in [0.25, 0.3) is 5.91 Å². The second-order valence-corrected chi connectivity index (χ2v) is 14.4. The Bertz CT molecular complexity index is 1560. The van der Waals surface area contributed by atoms with Crippen LogP contribution in [-0.2, 0) is 14.4 Å². The Labute approximate surface area is 300 Å². The maximum atomic E-state index is 13.3.